The zero-order chi connectivity index (χ0) is 15.5. The summed E-state index contributed by atoms with van der Waals surface area (Å²) < 4.78 is 23.2. The summed E-state index contributed by atoms with van der Waals surface area (Å²) in [5.74, 6) is 0. The molecular formula is C15H19N3O2S. The molecule has 1 aliphatic heterocycles. The Balaban J connectivity index is 2.38. The van der Waals surface area contributed by atoms with E-state index < -0.39 is 9.84 Å². The molecule has 0 atom stereocenters. The Kier molecular flexibility index (Phi) is 4.66. The maximum Gasteiger partial charge on any atom is 0.185 e. The molecule has 1 aromatic carbocycles. The van der Waals surface area contributed by atoms with Crippen LogP contribution < -0.4 is 4.90 Å². The van der Waals surface area contributed by atoms with Gasteiger partial charge in [0.05, 0.1) is 0 Å². The predicted molar refractivity (Wildman–Crippen MR) is 84.6 cm³/mol. The zero-order valence-electron chi connectivity index (χ0n) is 12.3. The molecule has 1 aliphatic rings. The second-order valence-corrected chi connectivity index (χ2v) is 7.23. The number of sulfone groups is 1. The number of allylic oxidation sites excluding steroid dienone is 1. The van der Waals surface area contributed by atoms with Crippen molar-refractivity contribution in [3.05, 3.63) is 34.7 Å². The van der Waals surface area contributed by atoms with Crippen molar-refractivity contribution < 1.29 is 8.42 Å². The van der Waals surface area contributed by atoms with E-state index in [1.54, 1.807) is 6.07 Å². The first-order chi connectivity index (χ1) is 9.91. The number of likely N-dealkylation sites (N-methyl/N-ethyl adjacent to an activating group) is 1. The second-order valence-electron chi connectivity index (χ2n) is 5.24. The average Bonchev–Trinajstić information content (AvgIpc) is 2.45. The monoisotopic (exact) mass is 305 g/mol. The minimum absolute atomic E-state index is 0.205. The van der Waals surface area contributed by atoms with Gasteiger partial charge in [-0.3, -0.25) is 0 Å². The molecular weight excluding hydrogens is 286 g/mol. The third-order valence-electron chi connectivity index (χ3n) is 3.58. The van der Waals surface area contributed by atoms with Crippen molar-refractivity contribution in [1.29, 1.82) is 5.26 Å². The summed E-state index contributed by atoms with van der Waals surface area (Å²) in [5, 5.41) is 9.04. The molecule has 21 heavy (non-hydrogen) atoms. The fraction of sp³-hybridized carbons (Fsp3) is 0.400. The van der Waals surface area contributed by atoms with Gasteiger partial charge >= 0.3 is 0 Å². The maximum atomic E-state index is 11.6. The van der Waals surface area contributed by atoms with E-state index in [4.69, 9.17) is 5.26 Å². The van der Waals surface area contributed by atoms with Crippen LogP contribution in [0.25, 0.3) is 6.08 Å². The summed E-state index contributed by atoms with van der Waals surface area (Å²) in [4.78, 5) is 4.28. The predicted octanol–water partition coefficient (Wildman–Crippen LogP) is 1.35. The summed E-state index contributed by atoms with van der Waals surface area (Å²) >= 11 is 0. The molecule has 5 nitrogen and oxygen atoms in total. The molecule has 0 bridgehead atoms. The van der Waals surface area contributed by atoms with Crippen molar-refractivity contribution in [3.8, 4) is 6.07 Å². The van der Waals surface area contributed by atoms with E-state index >= 15 is 0 Å². The lowest BCUT2D eigenvalue weighted by Crippen LogP contribution is -2.44. The van der Waals surface area contributed by atoms with Crippen LogP contribution in [-0.4, -0.2) is 52.8 Å². The van der Waals surface area contributed by atoms with Gasteiger partial charge in [-0.15, -0.1) is 0 Å². The van der Waals surface area contributed by atoms with Gasteiger partial charge in [0, 0.05) is 38.1 Å². The molecule has 1 aromatic rings. The molecule has 1 fully saturated rings. The minimum Gasteiger partial charge on any atom is -0.368 e. The van der Waals surface area contributed by atoms with Crippen molar-refractivity contribution in [2.45, 2.75) is 0 Å². The van der Waals surface area contributed by atoms with Crippen molar-refractivity contribution in [2.75, 3.05) is 44.4 Å². The first-order valence-electron chi connectivity index (χ1n) is 6.76. The normalized spacial score (nSPS) is 17.6. The molecule has 1 saturated heterocycles. The summed E-state index contributed by atoms with van der Waals surface area (Å²) in [7, 11) is -1.41. The number of hydrogen-bond acceptors (Lipinski definition) is 5. The molecule has 1 heterocycles. The molecule has 0 aliphatic carbocycles. The van der Waals surface area contributed by atoms with Gasteiger partial charge < -0.3 is 9.80 Å². The van der Waals surface area contributed by atoms with Crippen molar-refractivity contribution >= 4 is 21.6 Å². The number of piperazine rings is 1. The van der Waals surface area contributed by atoms with Crippen LogP contribution in [0.15, 0.2) is 29.2 Å². The fourth-order valence-electron chi connectivity index (χ4n) is 2.31. The van der Waals surface area contributed by atoms with Gasteiger partial charge in [0.1, 0.15) is 11.0 Å². The number of benzene rings is 1. The summed E-state index contributed by atoms with van der Waals surface area (Å²) in [6.07, 6.45) is 2.52. The van der Waals surface area contributed by atoms with Crippen molar-refractivity contribution in [3.63, 3.8) is 0 Å². The lowest BCUT2D eigenvalue weighted by Gasteiger charge is -2.34. The summed E-state index contributed by atoms with van der Waals surface area (Å²) in [6.45, 7) is 3.72. The van der Waals surface area contributed by atoms with Crippen LogP contribution >= 0.6 is 0 Å². The molecule has 6 heteroatoms. The third kappa shape index (κ3) is 3.84. The lowest BCUT2D eigenvalue weighted by molar-refractivity contribution is 0.313. The number of nitriles is 1. The Bertz CT molecular complexity index is 681. The largest absolute Gasteiger partial charge is 0.368 e. The summed E-state index contributed by atoms with van der Waals surface area (Å²) in [5.41, 5.74) is 1.74. The number of anilines is 1. The molecule has 112 valence electrons. The highest BCUT2D eigenvalue weighted by molar-refractivity contribution is 7.95. The molecule has 0 spiro atoms. The van der Waals surface area contributed by atoms with Gasteiger partial charge in [-0.25, -0.2) is 8.42 Å². The highest BCUT2D eigenvalue weighted by Crippen LogP contribution is 2.24. The van der Waals surface area contributed by atoms with Gasteiger partial charge in [0.2, 0.25) is 0 Å². The Hall–Kier alpha value is -1.84. The Morgan fingerprint density at radius 2 is 1.86 bits per heavy atom. The van der Waals surface area contributed by atoms with Gasteiger partial charge in [-0.2, -0.15) is 5.26 Å². The van der Waals surface area contributed by atoms with Crippen LogP contribution in [0, 0.1) is 11.3 Å². The average molecular weight is 305 g/mol. The first kappa shape index (κ1) is 15.5. The zero-order valence-corrected chi connectivity index (χ0v) is 13.1. The number of rotatable bonds is 3. The summed E-state index contributed by atoms with van der Waals surface area (Å²) in [6, 6.07) is 9.36. The molecule has 0 N–H and O–H groups in total. The van der Waals surface area contributed by atoms with E-state index in [1.165, 1.54) is 6.08 Å². The van der Waals surface area contributed by atoms with E-state index in [9.17, 15) is 8.42 Å². The number of para-hydroxylation sites is 1. The van der Waals surface area contributed by atoms with Crippen LogP contribution in [0.5, 0.6) is 0 Å². The van der Waals surface area contributed by atoms with E-state index in [0.29, 0.717) is 0 Å². The van der Waals surface area contributed by atoms with Crippen LogP contribution in [0.3, 0.4) is 0 Å². The quantitative estimate of drug-likeness (QED) is 0.789. The van der Waals surface area contributed by atoms with Crippen LogP contribution in [0.1, 0.15) is 5.56 Å². The fourth-order valence-corrected chi connectivity index (χ4v) is 2.82. The Morgan fingerprint density at radius 1 is 1.24 bits per heavy atom. The Morgan fingerprint density at radius 3 is 2.43 bits per heavy atom. The second kappa shape index (κ2) is 6.29. The molecule has 0 unspecified atom stereocenters. The molecule has 0 saturated carbocycles. The molecule has 0 aromatic heterocycles. The SMILES string of the molecule is CN1CCN(c2ccccc2/C=C(/C#N)S(C)(=O)=O)CC1. The lowest BCUT2D eigenvalue weighted by atomic mass is 10.1. The molecule has 2 rings (SSSR count). The van der Waals surface area contributed by atoms with Crippen LogP contribution in [-0.2, 0) is 9.84 Å². The molecule has 0 amide bonds. The molecule has 0 radical (unpaired) electrons. The van der Waals surface area contributed by atoms with Crippen molar-refractivity contribution in [2.24, 2.45) is 0 Å². The minimum atomic E-state index is -3.50. The topological polar surface area (TPSA) is 64.4 Å². The van der Waals surface area contributed by atoms with E-state index in [2.05, 4.69) is 16.8 Å². The number of hydrogen-bond donors (Lipinski definition) is 0. The highest BCUT2D eigenvalue weighted by atomic mass is 32.2. The smallest absolute Gasteiger partial charge is 0.185 e. The first-order valence-corrected chi connectivity index (χ1v) is 8.65. The third-order valence-corrected chi connectivity index (χ3v) is 4.59. The Labute approximate surface area is 126 Å². The van der Waals surface area contributed by atoms with Gasteiger partial charge in [-0.05, 0) is 24.8 Å². The standard InChI is InChI=1S/C15H19N3O2S/c1-17-7-9-18(10-8-17)15-6-4-3-5-13(15)11-14(12-16)21(2,19)20/h3-6,11H,7-10H2,1-2H3/b14-11-. The number of nitrogens with zero attached hydrogens (tertiary/aromatic N) is 3. The van der Waals surface area contributed by atoms with E-state index in [1.807, 2.05) is 24.3 Å². The van der Waals surface area contributed by atoms with Gasteiger partial charge in [0.15, 0.2) is 9.84 Å². The van der Waals surface area contributed by atoms with Crippen LogP contribution in [0.4, 0.5) is 5.69 Å². The van der Waals surface area contributed by atoms with Gasteiger partial charge in [0.25, 0.3) is 0 Å². The van der Waals surface area contributed by atoms with E-state index in [-0.39, 0.29) is 4.91 Å². The van der Waals surface area contributed by atoms with Crippen molar-refractivity contribution in [1.82, 2.24) is 4.90 Å². The van der Waals surface area contributed by atoms with E-state index in [0.717, 1.165) is 43.7 Å². The van der Waals surface area contributed by atoms with Crippen LogP contribution in [0.2, 0.25) is 0 Å². The highest BCUT2D eigenvalue weighted by Gasteiger charge is 2.17. The maximum absolute atomic E-state index is 11.6. The van der Waals surface area contributed by atoms with Gasteiger partial charge in [-0.1, -0.05) is 18.2 Å².